The molecule has 0 fully saturated rings. The summed E-state index contributed by atoms with van der Waals surface area (Å²) in [5.74, 6) is 1.93. The van der Waals surface area contributed by atoms with Crippen molar-refractivity contribution in [2.24, 2.45) is 0 Å². The lowest BCUT2D eigenvalue weighted by Gasteiger charge is -2.21. The van der Waals surface area contributed by atoms with E-state index < -0.39 is 0 Å². The van der Waals surface area contributed by atoms with Gasteiger partial charge in [0.2, 0.25) is 0 Å². The lowest BCUT2D eigenvalue weighted by atomic mass is 9.82. The van der Waals surface area contributed by atoms with E-state index in [4.69, 9.17) is 15.0 Å². The van der Waals surface area contributed by atoms with Gasteiger partial charge < -0.3 is 4.57 Å². The van der Waals surface area contributed by atoms with Crippen molar-refractivity contribution in [2.45, 2.75) is 19.3 Å². The topological polar surface area (TPSA) is 43.6 Å². The lowest BCUT2D eigenvalue weighted by Crippen LogP contribution is -2.15. The second-order valence-corrected chi connectivity index (χ2v) is 14.1. The van der Waals surface area contributed by atoms with Crippen molar-refractivity contribution < 1.29 is 0 Å². The summed E-state index contributed by atoms with van der Waals surface area (Å²) in [5, 5.41) is 2.44. The van der Waals surface area contributed by atoms with Gasteiger partial charge in [-0.25, -0.2) is 15.0 Å². The number of hydrogen-bond donors (Lipinski definition) is 0. The van der Waals surface area contributed by atoms with Crippen LogP contribution in [0.5, 0.6) is 0 Å². The molecule has 0 saturated heterocycles. The Labute approximate surface area is 302 Å². The molecule has 7 aromatic carbocycles. The highest BCUT2D eigenvalue weighted by molar-refractivity contribution is 6.09. The Hall–Kier alpha value is -6.65. The molecule has 2 heterocycles. The Kier molecular flexibility index (Phi) is 6.80. The maximum absolute atomic E-state index is 5.27. The molecule has 0 saturated carbocycles. The van der Waals surface area contributed by atoms with Crippen LogP contribution in [0, 0.1) is 0 Å². The lowest BCUT2D eigenvalue weighted by molar-refractivity contribution is 0.660. The third-order valence-electron chi connectivity index (χ3n) is 10.6. The number of benzene rings is 7. The molecular formula is C48H34N4. The van der Waals surface area contributed by atoms with Crippen LogP contribution in [0.25, 0.3) is 83.9 Å². The molecule has 4 heteroatoms. The van der Waals surface area contributed by atoms with Crippen molar-refractivity contribution in [3.05, 3.63) is 181 Å². The minimum absolute atomic E-state index is 0.138. The highest BCUT2D eigenvalue weighted by Crippen LogP contribution is 2.49. The van der Waals surface area contributed by atoms with Crippen molar-refractivity contribution in [1.29, 1.82) is 0 Å². The Bertz CT molecular complexity index is 2760. The minimum atomic E-state index is -0.138. The maximum Gasteiger partial charge on any atom is 0.164 e. The summed E-state index contributed by atoms with van der Waals surface area (Å²) in [4.78, 5) is 15.6. The Morgan fingerprint density at radius 2 is 0.904 bits per heavy atom. The van der Waals surface area contributed by atoms with E-state index in [2.05, 4.69) is 170 Å². The monoisotopic (exact) mass is 666 g/mol. The van der Waals surface area contributed by atoms with Gasteiger partial charge in [-0.3, -0.25) is 0 Å². The molecule has 0 spiro atoms. The van der Waals surface area contributed by atoms with Crippen molar-refractivity contribution in [2.75, 3.05) is 0 Å². The summed E-state index contributed by atoms with van der Waals surface area (Å²) in [6, 6.07) is 60.2. The van der Waals surface area contributed by atoms with Gasteiger partial charge >= 0.3 is 0 Å². The predicted molar refractivity (Wildman–Crippen MR) is 213 cm³/mol. The SMILES string of the molecule is CC1(C)c2ccccc2-c2ccc(-c3nc(-c4ccccc4)nc(-c4cc(-c5ccccc5)cc(-n5c6ccccc6c6ccccc65)c4)n3)cc21. The Morgan fingerprint density at radius 1 is 0.385 bits per heavy atom. The van der Waals surface area contributed by atoms with Crippen LogP contribution >= 0.6 is 0 Å². The van der Waals surface area contributed by atoms with E-state index in [1.807, 2.05) is 18.2 Å². The van der Waals surface area contributed by atoms with Crippen LogP contribution in [0.2, 0.25) is 0 Å². The van der Waals surface area contributed by atoms with E-state index in [1.54, 1.807) is 0 Å². The molecule has 0 unspecified atom stereocenters. The van der Waals surface area contributed by atoms with Crippen LogP contribution in [0.4, 0.5) is 0 Å². The summed E-state index contributed by atoms with van der Waals surface area (Å²) < 4.78 is 2.36. The van der Waals surface area contributed by atoms with Crippen molar-refractivity contribution in [1.82, 2.24) is 19.5 Å². The summed E-state index contributed by atoms with van der Waals surface area (Å²) in [6.45, 7) is 4.61. The number of fused-ring (bicyclic) bond motifs is 6. The molecule has 0 bridgehead atoms. The first-order valence-electron chi connectivity index (χ1n) is 17.8. The normalized spacial score (nSPS) is 13.0. The van der Waals surface area contributed by atoms with E-state index in [1.165, 1.54) is 33.0 Å². The van der Waals surface area contributed by atoms with Crippen LogP contribution in [-0.2, 0) is 5.41 Å². The quantitative estimate of drug-likeness (QED) is 0.184. The van der Waals surface area contributed by atoms with Gasteiger partial charge in [-0.05, 0) is 69.8 Å². The first kappa shape index (κ1) is 30.2. The van der Waals surface area contributed by atoms with E-state index in [0.29, 0.717) is 17.5 Å². The second kappa shape index (κ2) is 11.7. The molecule has 1 aliphatic rings. The highest BCUT2D eigenvalue weighted by Gasteiger charge is 2.35. The van der Waals surface area contributed by atoms with Crippen molar-refractivity contribution >= 4 is 21.8 Å². The Morgan fingerprint density at radius 3 is 1.60 bits per heavy atom. The van der Waals surface area contributed by atoms with Crippen LogP contribution in [0.1, 0.15) is 25.0 Å². The number of hydrogen-bond acceptors (Lipinski definition) is 3. The largest absolute Gasteiger partial charge is 0.309 e. The fraction of sp³-hybridized carbons (Fsp3) is 0.0625. The smallest absolute Gasteiger partial charge is 0.164 e. The Balaban J connectivity index is 1.21. The van der Waals surface area contributed by atoms with Gasteiger partial charge in [0, 0.05) is 38.6 Å². The first-order chi connectivity index (χ1) is 25.5. The average molecular weight is 667 g/mol. The van der Waals surface area contributed by atoms with E-state index >= 15 is 0 Å². The zero-order valence-corrected chi connectivity index (χ0v) is 29.0. The fourth-order valence-electron chi connectivity index (χ4n) is 8.06. The van der Waals surface area contributed by atoms with Crippen molar-refractivity contribution in [3.63, 3.8) is 0 Å². The number of para-hydroxylation sites is 2. The van der Waals surface area contributed by atoms with Gasteiger partial charge in [0.25, 0.3) is 0 Å². The third-order valence-corrected chi connectivity index (χ3v) is 10.6. The van der Waals surface area contributed by atoms with Gasteiger partial charge in [0.05, 0.1) is 11.0 Å². The second-order valence-electron chi connectivity index (χ2n) is 14.1. The van der Waals surface area contributed by atoms with Crippen LogP contribution in [-0.4, -0.2) is 19.5 Å². The summed E-state index contributed by atoms with van der Waals surface area (Å²) in [5.41, 5.74) is 13.5. The summed E-state index contributed by atoms with van der Waals surface area (Å²) >= 11 is 0. The average Bonchev–Trinajstić information content (AvgIpc) is 3.66. The van der Waals surface area contributed by atoms with Gasteiger partial charge in [-0.2, -0.15) is 0 Å². The van der Waals surface area contributed by atoms with Gasteiger partial charge in [0.1, 0.15) is 0 Å². The van der Waals surface area contributed by atoms with Gasteiger partial charge in [-0.15, -0.1) is 0 Å². The van der Waals surface area contributed by atoms with Crippen LogP contribution in [0.15, 0.2) is 170 Å². The molecule has 0 aliphatic heterocycles. The number of aromatic nitrogens is 4. The molecule has 52 heavy (non-hydrogen) atoms. The summed E-state index contributed by atoms with van der Waals surface area (Å²) in [6.07, 6.45) is 0. The van der Waals surface area contributed by atoms with Crippen LogP contribution in [0.3, 0.4) is 0 Å². The molecule has 0 radical (unpaired) electrons. The minimum Gasteiger partial charge on any atom is -0.309 e. The van der Waals surface area contributed by atoms with Crippen molar-refractivity contribution in [3.8, 4) is 62.1 Å². The predicted octanol–water partition coefficient (Wildman–Crippen LogP) is 11.9. The third kappa shape index (κ3) is 4.79. The zero-order valence-electron chi connectivity index (χ0n) is 29.0. The molecular weight excluding hydrogens is 633 g/mol. The fourth-order valence-corrected chi connectivity index (χ4v) is 8.06. The maximum atomic E-state index is 5.27. The molecule has 10 rings (SSSR count). The molecule has 4 nitrogen and oxygen atoms in total. The van der Waals surface area contributed by atoms with E-state index in [9.17, 15) is 0 Å². The molecule has 246 valence electrons. The molecule has 1 aliphatic carbocycles. The molecule has 9 aromatic rings. The molecule has 0 N–H and O–H groups in total. The number of nitrogens with zero attached hydrogens (tertiary/aromatic N) is 4. The van der Waals surface area contributed by atoms with E-state index in [-0.39, 0.29) is 5.41 Å². The first-order valence-corrected chi connectivity index (χ1v) is 17.8. The molecule has 2 aromatic heterocycles. The zero-order chi connectivity index (χ0) is 34.8. The van der Waals surface area contributed by atoms with Crippen LogP contribution < -0.4 is 0 Å². The van der Waals surface area contributed by atoms with Gasteiger partial charge in [-0.1, -0.05) is 147 Å². The molecule has 0 amide bonds. The highest BCUT2D eigenvalue weighted by atomic mass is 15.0. The standard InChI is InChI=1S/C48H34N4/c1-48(2)41-22-12-9-19-37(41)38-26-25-33(30-42(38)48)46-49-45(32-17-7-4-8-18-32)50-47(51-46)35-27-34(31-15-5-3-6-16-31)28-36(29-35)52-43-23-13-10-20-39(43)40-21-11-14-24-44(40)52/h3-30H,1-2H3. The molecule has 0 atom stereocenters. The van der Waals surface area contributed by atoms with E-state index in [0.717, 1.165) is 44.5 Å². The summed E-state index contributed by atoms with van der Waals surface area (Å²) in [7, 11) is 0. The number of rotatable bonds is 5. The van der Waals surface area contributed by atoms with Gasteiger partial charge in [0.15, 0.2) is 17.5 Å².